The second kappa shape index (κ2) is 6.78. The molecular weight excluding hydrogens is 366 g/mol. The minimum Gasteiger partial charge on any atom is -0.394 e. The van der Waals surface area contributed by atoms with Crippen molar-refractivity contribution < 1.29 is 20.1 Å². The molecule has 0 spiro atoms. The van der Waals surface area contributed by atoms with Gasteiger partial charge in [0, 0.05) is 6.04 Å². The smallest absolute Gasteiger partial charge is 0.241 e. The first-order valence-corrected chi connectivity index (χ1v) is 9.69. The van der Waals surface area contributed by atoms with Crippen LogP contribution in [0.5, 0.6) is 0 Å². The maximum absolute atomic E-state index is 10.4. The van der Waals surface area contributed by atoms with Crippen molar-refractivity contribution in [1.82, 2.24) is 19.5 Å². The molecule has 1 saturated heterocycles. The zero-order valence-electron chi connectivity index (χ0n) is 15.3. The molecule has 3 unspecified atom stereocenters. The Labute approximate surface area is 160 Å². The van der Waals surface area contributed by atoms with Gasteiger partial charge >= 0.3 is 0 Å². The molecule has 1 aliphatic heterocycles. The number of fused-ring (bicyclic) bond motifs is 3. The molecule has 3 fully saturated rings. The van der Waals surface area contributed by atoms with Crippen LogP contribution in [0.4, 0.5) is 11.8 Å². The number of aromatic nitrogens is 4. The molecule has 11 nitrogen and oxygen atoms in total. The van der Waals surface area contributed by atoms with Gasteiger partial charge in [0.05, 0.1) is 12.9 Å². The van der Waals surface area contributed by atoms with Gasteiger partial charge in [0.2, 0.25) is 5.95 Å². The van der Waals surface area contributed by atoms with E-state index in [1.807, 2.05) is 0 Å². The summed E-state index contributed by atoms with van der Waals surface area (Å²) in [6.07, 6.45) is 2.18. The van der Waals surface area contributed by atoms with Crippen LogP contribution in [0.3, 0.4) is 0 Å². The summed E-state index contributed by atoms with van der Waals surface area (Å²) in [5.41, 5.74) is 3.43. The third kappa shape index (κ3) is 2.73. The highest BCUT2D eigenvalue weighted by atomic mass is 16.6. The molecule has 2 aliphatic carbocycles. The number of nitrogen functional groups attached to an aromatic ring is 1. The van der Waals surface area contributed by atoms with E-state index in [0.717, 1.165) is 12.3 Å². The zero-order valence-corrected chi connectivity index (χ0v) is 15.3. The van der Waals surface area contributed by atoms with Gasteiger partial charge in [-0.2, -0.15) is 9.97 Å². The Bertz CT molecular complexity index is 877. The Hall–Kier alpha value is -2.05. The number of nitrogens with two attached hydrogens (primary N) is 1. The van der Waals surface area contributed by atoms with Gasteiger partial charge in [-0.1, -0.05) is 6.42 Å². The number of nitrogens with one attached hydrogen (secondary N) is 2. The van der Waals surface area contributed by atoms with Gasteiger partial charge in [0.15, 0.2) is 23.2 Å². The van der Waals surface area contributed by atoms with Crippen molar-refractivity contribution in [3.05, 3.63) is 6.33 Å². The lowest BCUT2D eigenvalue weighted by atomic mass is 9.95. The normalized spacial score (nSPS) is 37.1. The Morgan fingerprint density at radius 1 is 1.21 bits per heavy atom. The zero-order chi connectivity index (χ0) is 19.4. The average molecular weight is 391 g/mol. The van der Waals surface area contributed by atoms with E-state index in [9.17, 15) is 15.3 Å². The fourth-order valence-electron chi connectivity index (χ4n) is 4.97. The Kier molecular flexibility index (Phi) is 4.36. The van der Waals surface area contributed by atoms with Gasteiger partial charge in [0.25, 0.3) is 0 Å². The molecule has 2 bridgehead atoms. The lowest BCUT2D eigenvalue weighted by Crippen LogP contribution is -2.33. The van der Waals surface area contributed by atoms with Crippen molar-refractivity contribution in [3.8, 4) is 0 Å². The number of aliphatic hydroxyl groups excluding tert-OH is 3. The predicted octanol–water partition coefficient (Wildman–Crippen LogP) is -0.676. The Morgan fingerprint density at radius 3 is 2.71 bits per heavy atom. The molecule has 2 aromatic heterocycles. The van der Waals surface area contributed by atoms with Crippen LogP contribution in [-0.4, -0.2) is 65.8 Å². The van der Waals surface area contributed by atoms with E-state index in [4.69, 9.17) is 10.6 Å². The maximum Gasteiger partial charge on any atom is 0.241 e. The van der Waals surface area contributed by atoms with Crippen LogP contribution >= 0.6 is 0 Å². The summed E-state index contributed by atoms with van der Waals surface area (Å²) < 4.78 is 7.15. The molecule has 3 heterocycles. The van der Waals surface area contributed by atoms with Crippen LogP contribution < -0.4 is 16.6 Å². The van der Waals surface area contributed by atoms with E-state index in [1.54, 1.807) is 0 Å². The maximum atomic E-state index is 10.4. The van der Waals surface area contributed by atoms with Crippen LogP contribution in [-0.2, 0) is 4.74 Å². The van der Waals surface area contributed by atoms with Crippen molar-refractivity contribution in [2.75, 3.05) is 17.3 Å². The lowest BCUT2D eigenvalue weighted by molar-refractivity contribution is -0.0511. The van der Waals surface area contributed by atoms with Crippen LogP contribution in [0.2, 0.25) is 0 Å². The molecule has 3 aliphatic rings. The summed E-state index contributed by atoms with van der Waals surface area (Å²) in [6.45, 7) is -0.400. The van der Waals surface area contributed by atoms with E-state index >= 15 is 0 Å². The van der Waals surface area contributed by atoms with Crippen molar-refractivity contribution in [1.29, 1.82) is 0 Å². The monoisotopic (exact) mass is 391 g/mol. The van der Waals surface area contributed by atoms with Gasteiger partial charge in [-0.25, -0.2) is 10.8 Å². The number of imidazole rings is 1. The standard InChI is InChI=1S/C17H25N7O4/c18-23-17-21-14(20-9-4-7-1-2-8(9)3-7)11-15(22-17)24(6-19-11)16-13(27)12(26)10(5-25)28-16/h6-10,12-13,16,25-27H,1-5,18H2,(H2,20,21,22,23)/t7?,8?,9?,10-,12-,13-,16-/m1/s1. The highest BCUT2D eigenvalue weighted by Crippen LogP contribution is 2.45. The number of hydrazine groups is 1. The number of hydrogen-bond donors (Lipinski definition) is 6. The molecule has 0 radical (unpaired) electrons. The lowest BCUT2D eigenvalue weighted by Gasteiger charge is -2.23. The van der Waals surface area contributed by atoms with Crippen LogP contribution in [0, 0.1) is 11.8 Å². The van der Waals surface area contributed by atoms with E-state index < -0.39 is 31.1 Å². The van der Waals surface area contributed by atoms with Gasteiger partial charge in [-0.3, -0.25) is 9.99 Å². The quantitative estimate of drug-likeness (QED) is 0.284. The molecule has 7 atom stereocenters. The molecule has 28 heavy (non-hydrogen) atoms. The molecule has 0 aromatic carbocycles. The first-order valence-electron chi connectivity index (χ1n) is 9.69. The van der Waals surface area contributed by atoms with Gasteiger partial charge < -0.3 is 25.4 Å². The van der Waals surface area contributed by atoms with Gasteiger partial charge in [-0.15, -0.1) is 0 Å². The summed E-state index contributed by atoms with van der Waals surface area (Å²) in [5, 5.41) is 33.3. The second-order valence-corrected chi connectivity index (χ2v) is 8.02. The van der Waals surface area contributed by atoms with Gasteiger partial charge in [0.1, 0.15) is 18.3 Å². The Balaban J connectivity index is 1.51. The number of rotatable bonds is 5. The van der Waals surface area contributed by atoms with E-state index in [-0.39, 0.29) is 5.95 Å². The number of hydrogen-bond acceptors (Lipinski definition) is 10. The fraction of sp³-hybridized carbons (Fsp3) is 0.706. The highest BCUT2D eigenvalue weighted by molar-refractivity contribution is 5.84. The molecule has 11 heteroatoms. The number of anilines is 2. The van der Waals surface area contributed by atoms with E-state index in [0.29, 0.717) is 28.9 Å². The molecule has 2 saturated carbocycles. The average Bonchev–Trinajstić information content (AvgIpc) is 3.47. The minimum absolute atomic E-state index is 0.214. The Morgan fingerprint density at radius 2 is 2.07 bits per heavy atom. The minimum atomic E-state index is -1.22. The number of nitrogens with zero attached hydrogens (tertiary/aromatic N) is 4. The molecule has 0 amide bonds. The summed E-state index contributed by atoms with van der Waals surface area (Å²) in [5.74, 6) is 7.78. The molecular formula is C17H25N7O4. The molecule has 5 rings (SSSR count). The fourth-order valence-corrected chi connectivity index (χ4v) is 4.97. The topological polar surface area (TPSA) is 164 Å². The van der Waals surface area contributed by atoms with E-state index in [1.165, 1.54) is 30.2 Å². The van der Waals surface area contributed by atoms with Crippen molar-refractivity contribution in [2.24, 2.45) is 17.7 Å². The third-order valence-corrected chi connectivity index (χ3v) is 6.40. The molecule has 2 aromatic rings. The summed E-state index contributed by atoms with van der Waals surface area (Å²) >= 11 is 0. The van der Waals surface area contributed by atoms with Crippen molar-refractivity contribution in [2.45, 2.75) is 56.3 Å². The van der Waals surface area contributed by atoms with Gasteiger partial charge in [-0.05, 0) is 31.1 Å². The largest absolute Gasteiger partial charge is 0.394 e. The summed E-state index contributed by atoms with van der Waals surface area (Å²) in [6, 6.07) is 0.349. The second-order valence-electron chi connectivity index (χ2n) is 8.02. The summed E-state index contributed by atoms with van der Waals surface area (Å²) in [4.78, 5) is 13.2. The van der Waals surface area contributed by atoms with E-state index in [2.05, 4.69) is 25.7 Å². The summed E-state index contributed by atoms with van der Waals surface area (Å²) in [7, 11) is 0. The van der Waals surface area contributed by atoms with Crippen molar-refractivity contribution >= 4 is 22.9 Å². The van der Waals surface area contributed by atoms with Crippen LogP contribution in [0.15, 0.2) is 6.33 Å². The molecule has 152 valence electrons. The van der Waals surface area contributed by atoms with Crippen LogP contribution in [0.1, 0.15) is 31.9 Å². The van der Waals surface area contributed by atoms with Crippen LogP contribution in [0.25, 0.3) is 11.2 Å². The third-order valence-electron chi connectivity index (χ3n) is 6.40. The highest BCUT2D eigenvalue weighted by Gasteiger charge is 2.44. The molecule has 7 N–H and O–H groups in total. The number of aliphatic hydroxyl groups is 3. The SMILES string of the molecule is NNc1nc(NC2CC3CCC2C3)c2ncn([C@@H]3O[C@H](CO)[C@@H](O)[C@H]3O)c2n1. The predicted molar refractivity (Wildman–Crippen MR) is 99.0 cm³/mol. The van der Waals surface area contributed by atoms with Crippen molar-refractivity contribution in [3.63, 3.8) is 0 Å². The first kappa shape index (κ1) is 18.0. The number of ether oxygens (including phenoxy) is 1. The first-order chi connectivity index (χ1) is 13.6.